The van der Waals surface area contributed by atoms with E-state index in [1.165, 1.54) is 50.6 Å². The normalized spacial score (nSPS) is 19.4. The van der Waals surface area contributed by atoms with Crippen LogP contribution in [-0.2, 0) is 6.42 Å². The second-order valence-corrected chi connectivity index (χ2v) is 6.85. The standard InChI is InChI=1S/C18H33N3/c1-4-19-18(16-10-8-6-5-7-9-11-16)14-17-12-13-21(20-17)15(2)3/h12-13,15-16,18-19H,4-11,14H2,1-3H3. The molecule has 0 bridgehead atoms. The van der Waals surface area contributed by atoms with E-state index in [2.05, 4.69) is 43.0 Å². The van der Waals surface area contributed by atoms with E-state index >= 15 is 0 Å². The second kappa shape index (κ2) is 8.57. The zero-order valence-corrected chi connectivity index (χ0v) is 14.1. The third-order valence-electron chi connectivity index (χ3n) is 4.81. The predicted molar refractivity (Wildman–Crippen MR) is 89.6 cm³/mol. The van der Waals surface area contributed by atoms with Crippen molar-refractivity contribution in [3.63, 3.8) is 0 Å². The lowest BCUT2D eigenvalue weighted by Gasteiger charge is -2.29. The SMILES string of the molecule is CCNC(Cc1ccn(C(C)C)n1)C1CCCCCCC1. The van der Waals surface area contributed by atoms with Gasteiger partial charge in [-0.3, -0.25) is 4.68 Å². The highest BCUT2D eigenvalue weighted by molar-refractivity contribution is 5.03. The molecule has 0 saturated heterocycles. The van der Waals surface area contributed by atoms with Crippen molar-refractivity contribution in [2.75, 3.05) is 6.54 Å². The van der Waals surface area contributed by atoms with Gasteiger partial charge in [0.05, 0.1) is 5.69 Å². The first kappa shape index (κ1) is 16.5. The molecule has 1 aromatic rings. The van der Waals surface area contributed by atoms with E-state index in [0.717, 1.165) is 18.9 Å². The van der Waals surface area contributed by atoms with Crippen LogP contribution >= 0.6 is 0 Å². The van der Waals surface area contributed by atoms with Crippen LogP contribution in [0.5, 0.6) is 0 Å². The van der Waals surface area contributed by atoms with Crippen LogP contribution in [0.2, 0.25) is 0 Å². The lowest BCUT2D eigenvalue weighted by Crippen LogP contribution is -2.38. The minimum Gasteiger partial charge on any atom is -0.314 e. The summed E-state index contributed by atoms with van der Waals surface area (Å²) in [5, 5.41) is 8.48. The molecule has 1 aliphatic rings. The van der Waals surface area contributed by atoms with Crippen LogP contribution in [0.3, 0.4) is 0 Å². The van der Waals surface area contributed by atoms with Crippen LogP contribution in [0, 0.1) is 5.92 Å². The van der Waals surface area contributed by atoms with E-state index in [1.54, 1.807) is 0 Å². The highest BCUT2D eigenvalue weighted by atomic mass is 15.3. The van der Waals surface area contributed by atoms with Gasteiger partial charge in [-0.25, -0.2) is 0 Å². The number of aromatic nitrogens is 2. The fourth-order valence-electron chi connectivity index (χ4n) is 3.56. The Kier molecular flexibility index (Phi) is 6.75. The van der Waals surface area contributed by atoms with Crippen molar-refractivity contribution in [2.24, 2.45) is 5.92 Å². The van der Waals surface area contributed by atoms with E-state index in [1.807, 2.05) is 0 Å². The van der Waals surface area contributed by atoms with Gasteiger partial charge in [0, 0.05) is 24.7 Å². The number of hydrogen-bond donors (Lipinski definition) is 1. The summed E-state index contributed by atoms with van der Waals surface area (Å²) in [7, 11) is 0. The van der Waals surface area contributed by atoms with Gasteiger partial charge in [-0.15, -0.1) is 0 Å². The average Bonchev–Trinajstić information content (AvgIpc) is 2.87. The van der Waals surface area contributed by atoms with Crippen LogP contribution in [0.15, 0.2) is 12.3 Å². The van der Waals surface area contributed by atoms with Crippen LogP contribution < -0.4 is 5.32 Å². The molecular weight excluding hydrogens is 258 g/mol. The summed E-state index contributed by atoms with van der Waals surface area (Å²) in [6.07, 6.45) is 13.1. The highest BCUT2D eigenvalue weighted by Gasteiger charge is 2.22. The third-order valence-corrected chi connectivity index (χ3v) is 4.81. The second-order valence-electron chi connectivity index (χ2n) is 6.85. The Morgan fingerprint density at radius 2 is 1.86 bits per heavy atom. The molecule has 120 valence electrons. The van der Waals surface area contributed by atoms with Crippen molar-refractivity contribution < 1.29 is 0 Å². The topological polar surface area (TPSA) is 29.9 Å². The molecule has 1 N–H and O–H groups in total. The molecule has 0 amide bonds. The number of rotatable bonds is 6. The molecule has 3 nitrogen and oxygen atoms in total. The van der Waals surface area contributed by atoms with Gasteiger partial charge in [0.15, 0.2) is 0 Å². The van der Waals surface area contributed by atoms with Gasteiger partial charge in [0.1, 0.15) is 0 Å². The van der Waals surface area contributed by atoms with Crippen LogP contribution in [0.4, 0.5) is 0 Å². The maximum absolute atomic E-state index is 4.75. The molecule has 1 atom stereocenters. The van der Waals surface area contributed by atoms with Gasteiger partial charge in [0.25, 0.3) is 0 Å². The molecule has 0 aliphatic heterocycles. The lowest BCUT2D eigenvalue weighted by atomic mass is 9.84. The summed E-state index contributed by atoms with van der Waals surface area (Å²) < 4.78 is 2.08. The Balaban J connectivity index is 1.98. The molecule has 2 rings (SSSR count). The van der Waals surface area contributed by atoms with E-state index < -0.39 is 0 Å². The zero-order valence-electron chi connectivity index (χ0n) is 14.1. The summed E-state index contributed by atoms with van der Waals surface area (Å²) in [6.45, 7) is 7.66. The first-order valence-corrected chi connectivity index (χ1v) is 8.98. The molecule has 0 aromatic carbocycles. The predicted octanol–water partition coefficient (Wildman–Crippen LogP) is 4.35. The molecule has 21 heavy (non-hydrogen) atoms. The van der Waals surface area contributed by atoms with Gasteiger partial charge in [0.2, 0.25) is 0 Å². The molecule has 1 unspecified atom stereocenters. The first-order chi connectivity index (χ1) is 10.2. The lowest BCUT2D eigenvalue weighted by molar-refractivity contribution is 0.284. The molecule has 1 aromatic heterocycles. The molecule has 0 spiro atoms. The quantitative estimate of drug-likeness (QED) is 0.844. The summed E-state index contributed by atoms with van der Waals surface area (Å²) >= 11 is 0. The monoisotopic (exact) mass is 291 g/mol. The maximum atomic E-state index is 4.75. The molecular formula is C18H33N3. The third kappa shape index (κ3) is 5.14. The van der Waals surface area contributed by atoms with E-state index in [9.17, 15) is 0 Å². The summed E-state index contributed by atoms with van der Waals surface area (Å²) in [4.78, 5) is 0. The fourth-order valence-corrected chi connectivity index (χ4v) is 3.56. The Morgan fingerprint density at radius 3 is 2.43 bits per heavy atom. The Labute approximate surface area is 130 Å². The summed E-state index contributed by atoms with van der Waals surface area (Å²) in [5.74, 6) is 0.828. The van der Waals surface area contributed by atoms with Crippen LogP contribution in [-0.4, -0.2) is 22.4 Å². The van der Waals surface area contributed by atoms with Crippen molar-refractivity contribution in [3.05, 3.63) is 18.0 Å². The molecule has 1 saturated carbocycles. The Morgan fingerprint density at radius 1 is 1.19 bits per heavy atom. The van der Waals surface area contributed by atoms with Gasteiger partial charge >= 0.3 is 0 Å². The first-order valence-electron chi connectivity index (χ1n) is 8.98. The van der Waals surface area contributed by atoms with Crippen LogP contribution in [0.25, 0.3) is 0 Å². The van der Waals surface area contributed by atoms with E-state index in [4.69, 9.17) is 5.10 Å². The molecule has 1 aliphatic carbocycles. The zero-order chi connectivity index (χ0) is 15.1. The smallest absolute Gasteiger partial charge is 0.0640 e. The number of nitrogens with zero attached hydrogens (tertiary/aromatic N) is 2. The average molecular weight is 291 g/mol. The molecule has 1 fully saturated rings. The van der Waals surface area contributed by atoms with E-state index in [0.29, 0.717) is 12.1 Å². The van der Waals surface area contributed by atoms with Gasteiger partial charge in [-0.2, -0.15) is 5.10 Å². The van der Waals surface area contributed by atoms with Crippen LogP contribution in [0.1, 0.15) is 77.5 Å². The molecule has 3 heteroatoms. The van der Waals surface area contributed by atoms with Crippen molar-refractivity contribution in [1.82, 2.24) is 15.1 Å². The highest BCUT2D eigenvalue weighted by Crippen LogP contribution is 2.26. The maximum Gasteiger partial charge on any atom is 0.0640 e. The number of likely N-dealkylation sites (N-methyl/N-ethyl adjacent to an activating group) is 1. The molecule has 1 heterocycles. The minimum absolute atomic E-state index is 0.456. The fraction of sp³-hybridized carbons (Fsp3) is 0.833. The molecule has 0 radical (unpaired) electrons. The Bertz CT molecular complexity index is 389. The largest absolute Gasteiger partial charge is 0.314 e. The van der Waals surface area contributed by atoms with Crippen molar-refractivity contribution in [1.29, 1.82) is 0 Å². The van der Waals surface area contributed by atoms with Gasteiger partial charge in [-0.05, 0) is 45.2 Å². The van der Waals surface area contributed by atoms with Crippen molar-refractivity contribution >= 4 is 0 Å². The van der Waals surface area contributed by atoms with Gasteiger partial charge in [-0.1, -0.05) is 39.0 Å². The summed E-state index contributed by atoms with van der Waals surface area (Å²) in [5.41, 5.74) is 1.25. The van der Waals surface area contributed by atoms with E-state index in [-0.39, 0.29) is 0 Å². The van der Waals surface area contributed by atoms with Gasteiger partial charge < -0.3 is 5.32 Å². The van der Waals surface area contributed by atoms with Crippen molar-refractivity contribution in [3.8, 4) is 0 Å². The number of hydrogen-bond acceptors (Lipinski definition) is 2. The number of nitrogens with one attached hydrogen (secondary N) is 1. The summed E-state index contributed by atoms with van der Waals surface area (Å²) in [6, 6.07) is 3.26. The Hall–Kier alpha value is -0.830. The minimum atomic E-state index is 0.456. The van der Waals surface area contributed by atoms with Crippen molar-refractivity contribution in [2.45, 2.75) is 84.2 Å².